The van der Waals surface area contributed by atoms with Gasteiger partial charge in [0, 0.05) is 17.1 Å². The average Bonchev–Trinajstić information content (AvgIpc) is 2.63. The fourth-order valence-corrected chi connectivity index (χ4v) is 2.92. The fraction of sp³-hybridized carbons (Fsp3) is 0.316. The maximum atomic E-state index is 13.8. The highest BCUT2D eigenvalue weighted by Gasteiger charge is 2.21. The van der Waals surface area contributed by atoms with E-state index in [4.69, 9.17) is 21.1 Å². The maximum absolute atomic E-state index is 13.8. The van der Waals surface area contributed by atoms with Crippen LogP contribution in [0.4, 0.5) is 4.39 Å². The number of nitrogens with one attached hydrogen (secondary N) is 1. The molecular weight excluding hydrogens is 359 g/mol. The highest BCUT2D eigenvalue weighted by molar-refractivity contribution is 6.31. The molecule has 0 bridgehead atoms. The molecule has 1 aliphatic rings. The van der Waals surface area contributed by atoms with Crippen molar-refractivity contribution in [1.29, 1.82) is 0 Å². The van der Waals surface area contributed by atoms with Crippen molar-refractivity contribution in [3.05, 3.63) is 58.9 Å². The van der Waals surface area contributed by atoms with Gasteiger partial charge in [-0.05, 0) is 31.3 Å². The van der Waals surface area contributed by atoms with Crippen LogP contribution in [0.2, 0.25) is 5.02 Å². The average molecular weight is 379 g/mol. The predicted molar refractivity (Wildman–Crippen MR) is 97.1 cm³/mol. The SMILES string of the molecule is CN(CC(=O)NCC1COc2ccccc2O1)Cc1c(F)cccc1Cl. The van der Waals surface area contributed by atoms with Crippen LogP contribution in [0.25, 0.3) is 0 Å². The summed E-state index contributed by atoms with van der Waals surface area (Å²) in [5.41, 5.74) is 0.380. The number of para-hydroxylation sites is 2. The minimum atomic E-state index is -0.379. The van der Waals surface area contributed by atoms with Crippen LogP contribution in [0.5, 0.6) is 11.5 Å². The third-order valence-electron chi connectivity index (χ3n) is 4.00. The Morgan fingerprint density at radius 2 is 2.04 bits per heavy atom. The number of amides is 1. The topological polar surface area (TPSA) is 50.8 Å². The van der Waals surface area contributed by atoms with Crippen molar-refractivity contribution in [3.8, 4) is 11.5 Å². The molecule has 0 radical (unpaired) electrons. The van der Waals surface area contributed by atoms with Crippen LogP contribution in [0.1, 0.15) is 5.56 Å². The standard InChI is InChI=1S/C19H20ClFN2O3/c1-23(10-14-15(20)5-4-6-16(14)21)11-19(24)22-9-13-12-25-17-7-2-3-8-18(17)26-13/h2-8,13H,9-12H2,1H3,(H,22,24). The number of halogens is 2. The van der Waals surface area contributed by atoms with Crippen LogP contribution in [-0.4, -0.2) is 43.7 Å². The number of benzene rings is 2. The quantitative estimate of drug-likeness (QED) is 0.839. The molecule has 0 aliphatic carbocycles. The zero-order chi connectivity index (χ0) is 18.5. The molecule has 0 fully saturated rings. The summed E-state index contributed by atoms with van der Waals surface area (Å²) in [6.07, 6.45) is -0.250. The molecule has 0 saturated carbocycles. The van der Waals surface area contributed by atoms with Gasteiger partial charge in [-0.25, -0.2) is 4.39 Å². The number of hydrogen-bond donors (Lipinski definition) is 1. The molecule has 1 atom stereocenters. The summed E-state index contributed by atoms with van der Waals surface area (Å²) in [6.45, 7) is 1.07. The second-order valence-corrected chi connectivity index (χ2v) is 6.58. The molecule has 7 heteroatoms. The molecule has 26 heavy (non-hydrogen) atoms. The van der Waals surface area contributed by atoms with Crippen molar-refractivity contribution in [2.45, 2.75) is 12.6 Å². The first-order valence-electron chi connectivity index (χ1n) is 8.29. The van der Waals surface area contributed by atoms with Crippen molar-refractivity contribution in [3.63, 3.8) is 0 Å². The molecule has 1 aliphatic heterocycles. The van der Waals surface area contributed by atoms with Crippen LogP contribution in [0, 0.1) is 5.82 Å². The molecule has 2 aromatic rings. The number of hydrogen-bond acceptors (Lipinski definition) is 4. The molecule has 1 unspecified atom stereocenters. The maximum Gasteiger partial charge on any atom is 0.234 e. The van der Waals surface area contributed by atoms with Gasteiger partial charge in [0.2, 0.25) is 5.91 Å². The molecule has 0 spiro atoms. The van der Waals surface area contributed by atoms with E-state index >= 15 is 0 Å². The number of carbonyl (C=O) groups is 1. The molecule has 0 aromatic heterocycles. The van der Waals surface area contributed by atoms with Gasteiger partial charge < -0.3 is 14.8 Å². The summed E-state index contributed by atoms with van der Waals surface area (Å²) in [4.78, 5) is 13.8. The van der Waals surface area contributed by atoms with Crippen molar-refractivity contribution < 1.29 is 18.7 Å². The number of likely N-dealkylation sites (N-methyl/N-ethyl adjacent to an activating group) is 1. The molecule has 1 amide bonds. The number of nitrogens with zero attached hydrogens (tertiary/aromatic N) is 1. The summed E-state index contributed by atoms with van der Waals surface area (Å²) < 4.78 is 25.2. The zero-order valence-corrected chi connectivity index (χ0v) is 15.1. The first kappa shape index (κ1) is 18.5. The first-order chi connectivity index (χ1) is 12.5. The van der Waals surface area contributed by atoms with Crippen molar-refractivity contribution >= 4 is 17.5 Å². The van der Waals surface area contributed by atoms with E-state index in [0.717, 1.165) is 0 Å². The van der Waals surface area contributed by atoms with Gasteiger partial charge in [0.1, 0.15) is 18.5 Å². The highest BCUT2D eigenvalue weighted by atomic mass is 35.5. The van der Waals surface area contributed by atoms with Gasteiger partial charge in [-0.3, -0.25) is 9.69 Å². The zero-order valence-electron chi connectivity index (χ0n) is 14.4. The molecule has 2 aromatic carbocycles. The Kier molecular flexibility index (Phi) is 5.96. The van der Waals surface area contributed by atoms with Gasteiger partial charge in [0.05, 0.1) is 13.1 Å². The summed E-state index contributed by atoms with van der Waals surface area (Å²) in [5.74, 6) is 0.819. The lowest BCUT2D eigenvalue weighted by atomic mass is 10.2. The second-order valence-electron chi connectivity index (χ2n) is 6.17. The third-order valence-corrected chi connectivity index (χ3v) is 4.35. The van der Waals surface area contributed by atoms with Crippen LogP contribution in [0.15, 0.2) is 42.5 Å². The van der Waals surface area contributed by atoms with E-state index < -0.39 is 0 Å². The highest BCUT2D eigenvalue weighted by Crippen LogP contribution is 2.30. The van der Waals surface area contributed by atoms with E-state index in [2.05, 4.69) is 5.32 Å². The monoisotopic (exact) mass is 378 g/mol. The second kappa shape index (κ2) is 8.38. The van der Waals surface area contributed by atoms with Gasteiger partial charge in [0.15, 0.2) is 11.5 Å². The van der Waals surface area contributed by atoms with Crippen LogP contribution in [-0.2, 0) is 11.3 Å². The fourth-order valence-electron chi connectivity index (χ4n) is 2.70. The number of carbonyl (C=O) groups excluding carboxylic acids is 1. The molecule has 3 rings (SSSR count). The lowest BCUT2D eigenvalue weighted by Gasteiger charge is -2.26. The van der Waals surface area contributed by atoms with E-state index in [1.807, 2.05) is 24.3 Å². The van der Waals surface area contributed by atoms with E-state index in [9.17, 15) is 9.18 Å². The minimum Gasteiger partial charge on any atom is -0.486 e. The number of rotatable bonds is 6. The first-order valence-corrected chi connectivity index (χ1v) is 8.67. The van der Waals surface area contributed by atoms with Crippen LogP contribution < -0.4 is 14.8 Å². The van der Waals surface area contributed by atoms with Gasteiger partial charge in [0.25, 0.3) is 0 Å². The lowest BCUT2D eigenvalue weighted by molar-refractivity contribution is -0.122. The van der Waals surface area contributed by atoms with Crippen LogP contribution in [0.3, 0.4) is 0 Å². The third kappa shape index (κ3) is 4.65. The number of fused-ring (bicyclic) bond motifs is 1. The number of ether oxygens (including phenoxy) is 2. The summed E-state index contributed by atoms with van der Waals surface area (Å²) in [6, 6.07) is 12.0. The Bertz CT molecular complexity index is 767. The normalized spacial score (nSPS) is 15.8. The van der Waals surface area contributed by atoms with Gasteiger partial charge in [-0.1, -0.05) is 29.8 Å². The molecule has 5 nitrogen and oxygen atoms in total. The largest absolute Gasteiger partial charge is 0.486 e. The van der Waals surface area contributed by atoms with Gasteiger partial charge >= 0.3 is 0 Å². The Balaban J connectivity index is 1.46. The van der Waals surface area contributed by atoms with E-state index in [1.54, 1.807) is 24.1 Å². The Labute approximate surface area is 156 Å². The molecule has 138 valence electrons. The van der Waals surface area contributed by atoms with Crippen molar-refractivity contribution in [2.24, 2.45) is 0 Å². The van der Waals surface area contributed by atoms with Gasteiger partial charge in [-0.2, -0.15) is 0 Å². The van der Waals surface area contributed by atoms with E-state index in [1.165, 1.54) is 6.07 Å². The van der Waals surface area contributed by atoms with Crippen molar-refractivity contribution in [2.75, 3.05) is 26.7 Å². The minimum absolute atomic E-state index is 0.120. The molecule has 1 N–H and O–H groups in total. The van der Waals surface area contributed by atoms with E-state index in [0.29, 0.717) is 35.2 Å². The van der Waals surface area contributed by atoms with Gasteiger partial charge in [-0.15, -0.1) is 0 Å². The summed E-state index contributed by atoms with van der Waals surface area (Å²) in [7, 11) is 1.73. The smallest absolute Gasteiger partial charge is 0.234 e. The summed E-state index contributed by atoms with van der Waals surface area (Å²) >= 11 is 6.02. The lowest BCUT2D eigenvalue weighted by Crippen LogP contribution is -2.43. The van der Waals surface area contributed by atoms with Crippen molar-refractivity contribution in [1.82, 2.24) is 10.2 Å². The molecule has 0 saturated heterocycles. The summed E-state index contributed by atoms with van der Waals surface area (Å²) in [5, 5.41) is 3.17. The molecule has 1 heterocycles. The molecular formula is C19H20ClFN2O3. The Morgan fingerprint density at radius 1 is 1.27 bits per heavy atom. The van der Waals surface area contributed by atoms with Crippen LogP contribution >= 0.6 is 11.6 Å². The van der Waals surface area contributed by atoms with E-state index in [-0.39, 0.29) is 30.9 Å². The Hall–Kier alpha value is -2.31. The Morgan fingerprint density at radius 3 is 2.81 bits per heavy atom. The predicted octanol–water partition coefficient (Wildman–Crippen LogP) is 2.87.